The molecule has 0 spiro atoms. The lowest BCUT2D eigenvalue weighted by molar-refractivity contribution is -0.116. The van der Waals surface area contributed by atoms with Gasteiger partial charge in [0.2, 0.25) is 5.91 Å². The van der Waals surface area contributed by atoms with E-state index < -0.39 is 0 Å². The molecule has 3 rings (SSSR count). The third-order valence-corrected chi connectivity index (χ3v) is 4.02. The molecule has 0 aliphatic heterocycles. The fraction of sp³-hybridized carbons (Fsp3) is 0.188. The Balaban J connectivity index is 1.66. The first kappa shape index (κ1) is 16.7. The van der Waals surface area contributed by atoms with Gasteiger partial charge in [-0.05, 0) is 40.5 Å². The Morgan fingerprint density at radius 1 is 1.38 bits per heavy atom. The molecular formula is C16H15BrClN5O. The summed E-state index contributed by atoms with van der Waals surface area (Å²) < 4.78 is 4.21. The maximum atomic E-state index is 12.1. The van der Waals surface area contributed by atoms with Crippen LogP contribution in [0.3, 0.4) is 0 Å². The van der Waals surface area contributed by atoms with Crippen molar-refractivity contribution in [2.75, 3.05) is 5.32 Å². The zero-order valence-corrected chi connectivity index (χ0v) is 15.3. The number of anilines is 1. The first-order chi connectivity index (χ1) is 11.5. The van der Waals surface area contributed by atoms with Gasteiger partial charge in [0, 0.05) is 23.0 Å². The molecule has 0 radical (unpaired) electrons. The topological polar surface area (TPSA) is 64.7 Å². The van der Waals surface area contributed by atoms with E-state index in [0.29, 0.717) is 17.4 Å². The Morgan fingerprint density at radius 2 is 2.21 bits per heavy atom. The number of nitrogens with zero attached hydrogens (tertiary/aromatic N) is 4. The van der Waals surface area contributed by atoms with Gasteiger partial charge in [-0.1, -0.05) is 23.7 Å². The molecule has 0 unspecified atom stereocenters. The molecule has 0 saturated heterocycles. The van der Waals surface area contributed by atoms with Crippen molar-refractivity contribution in [1.82, 2.24) is 19.6 Å². The second-order valence-corrected chi connectivity index (χ2v) is 6.71. The number of nitrogens with one attached hydrogen (secondary N) is 1. The summed E-state index contributed by atoms with van der Waals surface area (Å²) in [6.07, 6.45) is 3.37. The molecule has 0 bridgehead atoms. The standard InChI is InChI=1S/C16H15BrClN5O/c1-11-5-15(20-16(24)10-22-9-13(17)7-19-22)21-23(11)8-12-3-2-4-14(18)6-12/h2-7,9H,8,10H2,1H3,(H,20,21,24). The van der Waals surface area contributed by atoms with E-state index in [1.807, 2.05) is 41.9 Å². The van der Waals surface area contributed by atoms with Crippen LogP contribution < -0.4 is 5.32 Å². The molecular weight excluding hydrogens is 394 g/mol. The molecule has 3 aromatic rings. The Hall–Kier alpha value is -2.12. The van der Waals surface area contributed by atoms with Crippen LogP contribution in [-0.2, 0) is 17.9 Å². The molecule has 6 nitrogen and oxygen atoms in total. The third-order valence-electron chi connectivity index (χ3n) is 3.38. The summed E-state index contributed by atoms with van der Waals surface area (Å²) in [4.78, 5) is 12.1. The maximum Gasteiger partial charge on any atom is 0.247 e. The highest BCUT2D eigenvalue weighted by Gasteiger charge is 2.10. The van der Waals surface area contributed by atoms with Gasteiger partial charge in [0.05, 0.1) is 17.2 Å². The SMILES string of the molecule is Cc1cc(NC(=O)Cn2cc(Br)cn2)nn1Cc1cccc(Cl)c1. The Kier molecular flexibility index (Phi) is 5.01. The van der Waals surface area contributed by atoms with Crippen molar-refractivity contribution in [3.63, 3.8) is 0 Å². The fourth-order valence-electron chi connectivity index (χ4n) is 2.29. The predicted molar refractivity (Wildman–Crippen MR) is 96.1 cm³/mol. The van der Waals surface area contributed by atoms with Gasteiger partial charge in [-0.2, -0.15) is 10.2 Å². The number of carbonyl (C=O) groups is 1. The van der Waals surface area contributed by atoms with E-state index >= 15 is 0 Å². The number of aryl methyl sites for hydroxylation is 1. The van der Waals surface area contributed by atoms with Gasteiger partial charge in [-0.15, -0.1) is 0 Å². The van der Waals surface area contributed by atoms with Gasteiger partial charge in [0.15, 0.2) is 5.82 Å². The van der Waals surface area contributed by atoms with Gasteiger partial charge in [-0.25, -0.2) is 0 Å². The van der Waals surface area contributed by atoms with Gasteiger partial charge in [0.25, 0.3) is 0 Å². The molecule has 1 N–H and O–H groups in total. The van der Waals surface area contributed by atoms with E-state index in [1.165, 1.54) is 0 Å². The molecule has 1 amide bonds. The van der Waals surface area contributed by atoms with Gasteiger partial charge >= 0.3 is 0 Å². The highest BCUT2D eigenvalue weighted by molar-refractivity contribution is 9.10. The van der Waals surface area contributed by atoms with Gasteiger partial charge < -0.3 is 5.32 Å². The van der Waals surface area contributed by atoms with Crippen LogP contribution in [0.15, 0.2) is 47.2 Å². The monoisotopic (exact) mass is 407 g/mol. The highest BCUT2D eigenvalue weighted by atomic mass is 79.9. The lowest BCUT2D eigenvalue weighted by Gasteiger charge is -2.05. The normalized spacial score (nSPS) is 10.8. The smallest absolute Gasteiger partial charge is 0.247 e. The zero-order chi connectivity index (χ0) is 17.1. The van der Waals surface area contributed by atoms with Crippen LogP contribution >= 0.6 is 27.5 Å². The van der Waals surface area contributed by atoms with Crippen molar-refractivity contribution in [1.29, 1.82) is 0 Å². The van der Waals surface area contributed by atoms with Crippen LogP contribution in [0.5, 0.6) is 0 Å². The second-order valence-electron chi connectivity index (χ2n) is 5.36. The Labute approximate surface area is 152 Å². The number of aromatic nitrogens is 4. The summed E-state index contributed by atoms with van der Waals surface area (Å²) in [6, 6.07) is 9.46. The van der Waals surface area contributed by atoms with Crippen molar-refractivity contribution >= 4 is 39.3 Å². The molecule has 0 atom stereocenters. The number of hydrogen-bond acceptors (Lipinski definition) is 3. The zero-order valence-electron chi connectivity index (χ0n) is 12.9. The first-order valence-corrected chi connectivity index (χ1v) is 8.43. The average Bonchev–Trinajstić information content (AvgIpc) is 3.05. The molecule has 0 saturated carbocycles. The predicted octanol–water partition coefficient (Wildman–Crippen LogP) is 3.49. The minimum atomic E-state index is -0.182. The number of hydrogen-bond donors (Lipinski definition) is 1. The Morgan fingerprint density at radius 3 is 2.92 bits per heavy atom. The van der Waals surface area contributed by atoms with Gasteiger partial charge in [0.1, 0.15) is 6.54 Å². The van der Waals surface area contributed by atoms with Crippen molar-refractivity contribution in [3.05, 3.63) is 63.5 Å². The van der Waals surface area contributed by atoms with E-state index in [-0.39, 0.29) is 12.5 Å². The molecule has 2 aromatic heterocycles. The summed E-state index contributed by atoms with van der Waals surface area (Å²) in [5.41, 5.74) is 2.00. The van der Waals surface area contributed by atoms with E-state index in [4.69, 9.17) is 11.6 Å². The first-order valence-electron chi connectivity index (χ1n) is 7.26. The van der Waals surface area contributed by atoms with Crippen molar-refractivity contribution in [2.24, 2.45) is 0 Å². The summed E-state index contributed by atoms with van der Waals surface area (Å²) in [5, 5.41) is 12.0. The third kappa shape index (κ3) is 4.24. The lowest BCUT2D eigenvalue weighted by atomic mass is 10.2. The summed E-state index contributed by atoms with van der Waals surface area (Å²) in [7, 11) is 0. The summed E-state index contributed by atoms with van der Waals surface area (Å²) in [6.45, 7) is 2.66. The quantitative estimate of drug-likeness (QED) is 0.703. The Bertz CT molecular complexity index is 873. The number of rotatable bonds is 5. The molecule has 24 heavy (non-hydrogen) atoms. The van der Waals surface area contributed by atoms with E-state index in [9.17, 15) is 4.79 Å². The molecule has 0 aliphatic rings. The minimum absolute atomic E-state index is 0.131. The van der Waals surface area contributed by atoms with E-state index in [1.54, 1.807) is 17.1 Å². The molecule has 0 fully saturated rings. The fourth-order valence-corrected chi connectivity index (χ4v) is 2.83. The molecule has 0 aliphatic carbocycles. The van der Waals surface area contributed by atoms with E-state index in [0.717, 1.165) is 15.7 Å². The second kappa shape index (κ2) is 7.19. The molecule has 2 heterocycles. The number of carbonyl (C=O) groups excluding carboxylic acids is 1. The highest BCUT2D eigenvalue weighted by Crippen LogP contribution is 2.15. The van der Waals surface area contributed by atoms with Crippen molar-refractivity contribution in [2.45, 2.75) is 20.0 Å². The molecule has 8 heteroatoms. The van der Waals surface area contributed by atoms with Crippen LogP contribution in [0, 0.1) is 6.92 Å². The number of halogens is 2. The van der Waals surface area contributed by atoms with Crippen LogP contribution in [-0.4, -0.2) is 25.5 Å². The molecule has 124 valence electrons. The molecule has 1 aromatic carbocycles. The number of benzene rings is 1. The van der Waals surface area contributed by atoms with Crippen LogP contribution in [0.2, 0.25) is 5.02 Å². The summed E-state index contributed by atoms with van der Waals surface area (Å²) >= 11 is 9.30. The van der Waals surface area contributed by atoms with Crippen LogP contribution in [0.1, 0.15) is 11.3 Å². The van der Waals surface area contributed by atoms with Crippen molar-refractivity contribution in [3.8, 4) is 0 Å². The largest absolute Gasteiger partial charge is 0.308 e. The lowest BCUT2D eigenvalue weighted by Crippen LogP contribution is -2.19. The van der Waals surface area contributed by atoms with E-state index in [2.05, 4.69) is 31.4 Å². The summed E-state index contributed by atoms with van der Waals surface area (Å²) in [5.74, 6) is 0.337. The van der Waals surface area contributed by atoms with Crippen LogP contribution in [0.4, 0.5) is 5.82 Å². The van der Waals surface area contributed by atoms with Gasteiger partial charge in [-0.3, -0.25) is 14.2 Å². The average molecular weight is 409 g/mol. The number of amides is 1. The van der Waals surface area contributed by atoms with Crippen molar-refractivity contribution < 1.29 is 4.79 Å². The maximum absolute atomic E-state index is 12.1. The van der Waals surface area contributed by atoms with Crippen LogP contribution in [0.25, 0.3) is 0 Å². The minimum Gasteiger partial charge on any atom is -0.308 e.